The molecule has 8 heteroatoms. The van der Waals surface area contributed by atoms with E-state index in [1.165, 1.54) is 12.1 Å². The zero-order chi connectivity index (χ0) is 22.3. The van der Waals surface area contributed by atoms with Crippen LogP contribution in [0, 0.1) is 18.3 Å². The lowest BCUT2D eigenvalue weighted by molar-refractivity contribution is -0.137. The number of amides is 1. The number of nitrogens with zero attached hydrogens (tertiary/aromatic N) is 1. The molecule has 0 bridgehead atoms. The largest absolute Gasteiger partial charge is 0.494 e. The number of carbonyl (C=O) groups excluding carboxylic acids is 1. The Bertz CT molecular complexity index is 961. The molecular formula is C22H22F3N3O2. The van der Waals surface area contributed by atoms with E-state index < -0.39 is 23.7 Å². The molecule has 0 radical (unpaired) electrons. The number of nitriles is 1. The van der Waals surface area contributed by atoms with E-state index in [-0.39, 0.29) is 5.57 Å². The molecule has 0 heterocycles. The standard InChI is InChI=1S/C22H22F3N3O2/c1-4-30-20-10-5-14(2)11-19(20)15(3)28-21(29)16(12-26)13-27-18-8-6-17(7-9-18)22(23,24)25/h5-11,13,15,27H,4H2,1-3H3,(H,28,29)/b16-13-. The van der Waals surface area contributed by atoms with Gasteiger partial charge in [0.15, 0.2) is 0 Å². The van der Waals surface area contributed by atoms with Crippen LogP contribution in [0.2, 0.25) is 0 Å². The predicted octanol–water partition coefficient (Wildman–Crippen LogP) is 5.11. The maximum Gasteiger partial charge on any atom is 0.416 e. The summed E-state index contributed by atoms with van der Waals surface area (Å²) in [7, 11) is 0. The van der Waals surface area contributed by atoms with Crippen molar-refractivity contribution >= 4 is 11.6 Å². The summed E-state index contributed by atoms with van der Waals surface area (Å²) in [5, 5.41) is 14.7. The SMILES string of the molecule is CCOc1ccc(C)cc1C(C)NC(=O)/C(C#N)=C\Nc1ccc(C(F)(F)F)cc1. The number of benzene rings is 2. The van der Waals surface area contributed by atoms with Gasteiger partial charge in [0, 0.05) is 17.5 Å². The van der Waals surface area contributed by atoms with E-state index in [1.54, 1.807) is 13.0 Å². The first kappa shape index (κ1) is 22.8. The molecule has 1 amide bonds. The van der Waals surface area contributed by atoms with E-state index in [9.17, 15) is 23.2 Å². The molecule has 0 aliphatic rings. The summed E-state index contributed by atoms with van der Waals surface area (Å²) in [4.78, 5) is 12.5. The van der Waals surface area contributed by atoms with Gasteiger partial charge >= 0.3 is 6.18 Å². The maximum absolute atomic E-state index is 12.6. The molecule has 2 aromatic carbocycles. The second-order valence-corrected chi connectivity index (χ2v) is 6.56. The Morgan fingerprint density at radius 3 is 2.47 bits per heavy atom. The van der Waals surface area contributed by atoms with Crippen molar-refractivity contribution in [2.75, 3.05) is 11.9 Å². The van der Waals surface area contributed by atoms with E-state index >= 15 is 0 Å². The van der Waals surface area contributed by atoms with Crippen LogP contribution >= 0.6 is 0 Å². The molecule has 2 aromatic rings. The highest BCUT2D eigenvalue weighted by molar-refractivity contribution is 5.97. The van der Waals surface area contributed by atoms with Crippen LogP contribution in [0.5, 0.6) is 5.75 Å². The summed E-state index contributed by atoms with van der Waals surface area (Å²) in [5.74, 6) is 0.0228. The summed E-state index contributed by atoms with van der Waals surface area (Å²) in [6.45, 7) is 6.02. The monoisotopic (exact) mass is 417 g/mol. The average Bonchev–Trinajstić information content (AvgIpc) is 2.69. The highest BCUT2D eigenvalue weighted by atomic mass is 19.4. The van der Waals surface area contributed by atoms with Gasteiger partial charge in [-0.05, 0) is 51.1 Å². The van der Waals surface area contributed by atoms with Crippen molar-refractivity contribution in [3.63, 3.8) is 0 Å². The third-order valence-corrected chi connectivity index (χ3v) is 4.24. The van der Waals surface area contributed by atoms with Crippen LogP contribution in [0.4, 0.5) is 18.9 Å². The van der Waals surface area contributed by atoms with Crippen molar-refractivity contribution in [1.29, 1.82) is 5.26 Å². The first-order valence-electron chi connectivity index (χ1n) is 9.24. The number of aryl methyl sites for hydroxylation is 1. The van der Waals surface area contributed by atoms with Crippen LogP contribution in [-0.2, 0) is 11.0 Å². The number of halogens is 3. The Morgan fingerprint density at radius 1 is 1.23 bits per heavy atom. The number of hydrogen-bond donors (Lipinski definition) is 2. The van der Waals surface area contributed by atoms with E-state index in [4.69, 9.17) is 4.74 Å². The Balaban J connectivity index is 2.11. The van der Waals surface area contributed by atoms with Crippen molar-refractivity contribution < 1.29 is 22.7 Å². The lowest BCUT2D eigenvalue weighted by atomic mass is 10.0. The molecule has 0 saturated carbocycles. The van der Waals surface area contributed by atoms with E-state index in [2.05, 4.69) is 10.6 Å². The minimum atomic E-state index is -4.43. The number of ether oxygens (including phenoxy) is 1. The lowest BCUT2D eigenvalue weighted by Crippen LogP contribution is -2.28. The highest BCUT2D eigenvalue weighted by Gasteiger charge is 2.29. The highest BCUT2D eigenvalue weighted by Crippen LogP contribution is 2.30. The summed E-state index contributed by atoms with van der Waals surface area (Å²) in [6, 6.07) is 11.2. The molecule has 0 aromatic heterocycles. The van der Waals surface area contributed by atoms with Crippen molar-refractivity contribution in [3.05, 3.63) is 70.9 Å². The molecule has 0 aliphatic carbocycles. The fourth-order valence-electron chi connectivity index (χ4n) is 2.70. The number of carbonyl (C=O) groups is 1. The normalized spacial score (nSPS) is 12.6. The zero-order valence-electron chi connectivity index (χ0n) is 16.8. The Morgan fingerprint density at radius 2 is 1.90 bits per heavy atom. The van der Waals surface area contributed by atoms with Gasteiger partial charge in [0.05, 0.1) is 18.2 Å². The third-order valence-electron chi connectivity index (χ3n) is 4.24. The molecule has 1 atom stereocenters. The topological polar surface area (TPSA) is 74.1 Å². The van der Waals surface area contributed by atoms with Crippen LogP contribution in [0.3, 0.4) is 0 Å². The molecule has 0 fully saturated rings. The molecule has 30 heavy (non-hydrogen) atoms. The van der Waals surface area contributed by atoms with Crippen LogP contribution in [0.25, 0.3) is 0 Å². The van der Waals surface area contributed by atoms with Crippen LogP contribution in [0.1, 0.15) is 36.6 Å². The van der Waals surface area contributed by atoms with E-state index in [0.717, 1.165) is 29.5 Å². The van der Waals surface area contributed by atoms with E-state index in [1.807, 2.05) is 32.0 Å². The summed E-state index contributed by atoms with van der Waals surface area (Å²) >= 11 is 0. The number of hydrogen-bond acceptors (Lipinski definition) is 4. The van der Waals surface area contributed by atoms with Crippen LogP contribution in [0.15, 0.2) is 54.2 Å². The number of rotatable bonds is 7. The zero-order valence-corrected chi connectivity index (χ0v) is 16.8. The van der Waals surface area contributed by atoms with Gasteiger partial charge in [-0.2, -0.15) is 18.4 Å². The van der Waals surface area contributed by atoms with Gasteiger partial charge in [-0.25, -0.2) is 0 Å². The number of nitrogens with one attached hydrogen (secondary N) is 2. The molecule has 0 aliphatic heterocycles. The Labute approximate surface area is 173 Å². The molecule has 158 valence electrons. The van der Waals surface area contributed by atoms with Crippen molar-refractivity contribution in [1.82, 2.24) is 5.32 Å². The quantitative estimate of drug-likeness (QED) is 0.485. The van der Waals surface area contributed by atoms with Crippen molar-refractivity contribution in [2.24, 2.45) is 0 Å². The van der Waals surface area contributed by atoms with Gasteiger partial charge in [0.2, 0.25) is 0 Å². The summed E-state index contributed by atoms with van der Waals surface area (Å²) in [5.41, 5.74) is 1.08. The van der Waals surface area contributed by atoms with Crippen molar-refractivity contribution in [3.8, 4) is 11.8 Å². The third kappa shape index (κ3) is 6.01. The predicted molar refractivity (Wildman–Crippen MR) is 108 cm³/mol. The van der Waals surface area contributed by atoms with Gasteiger partial charge in [-0.1, -0.05) is 17.7 Å². The fraction of sp³-hybridized carbons (Fsp3) is 0.273. The molecule has 0 saturated heterocycles. The second-order valence-electron chi connectivity index (χ2n) is 6.56. The van der Waals surface area contributed by atoms with Crippen LogP contribution < -0.4 is 15.4 Å². The van der Waals surface area contributed by atoms with Gasteiger partial charge in [0.1, 0.15) is 17.4 Å². The van der Waals surface area contributed by atoms with Crippen LogP contribution in [-0.4, -0.2) is 12.5 Å². The summed E-state index contributed by atoms with van der Waals surface area (Å²) < 4.78 is 43.5. The smallest absolute Gasteiger partial charge is 0.416 e. The van der Waals surface area contributed by atoms with Gasteiger partial charge in [-0.15, -0.1) is 0 Å². The van der Waals surface area contributed by atoms with E-state index in [0.29, 0.717) is 18.0 Å². The molecular weight excluding hydrogens is 395 g/mol. The average molecular weight is 417 g/mol. The van der Waals surface area contributed by atoms with Gasteiger partial charge < -0.3 is 15.4 Å². The minimum Gasteiger partial charge on any atom is -0.494 e. The molecule has 0 spiro atoms. The van der Waals surface area contributed by atoms with Crippen molar-refractivity contribution in [2.45, 2.75) is 33.0 Å². The molecule has 2 rings (SSSR count). The first-order valence-corrected chi connectivity index (χ1v) is 9.24. The lowest BCUT2D eigenvalue weighted by Gasteiger charge is -2.18. The number of alkyl halides is 3. The van der Waals surface area contributed by atoms with Gasteiger partial charge in [0.25, 0.3) is 5.91 Å². The fourth-order valence-corrected chi connectivity index (χ4v) is 2.70. The second kappa shape index (κ2) is 9.83. The molecule has 5 nitrogen and oxygen atoms in total. The Hall–Kier alpha value is -3.47. The number of anilines is 1. The molecule has 2 N–H and O–H groups in total. The minimum absolute atomic E-state index is 0.215. The summed E-state index contributed by atoms with van der Waals surface area (Å²) in [6.07, 6.45) is -3.28. The maximum atomic E-state index is 12.6. The Kier molecular flexibility index (Phi) is 7.48. The molecule has 1 unspecified atom stereocenters. The first-order chi connectivity index (χ1) is 14.2. The van der Waals surface area contributed by atoms with Gasteiger partial charge in [-0.3, -0.25) is 4.79 Å².